The molecule has 1 aromatic rings. The molecule has 0 aromatic heterocycles. The Kier molecular flexibility index (Phi) is 12.0. The van der Waals surface area contributed by atoms with E-state index in [1.165, 1.54) is 14.2 Å². The van der Waals surface area contributed by atoms with Crippen LogP contribution in [-0.2, 0) is 19.6 Å². The van der Waals surface area contributed by atoms with Gasteiger partial charge in [-0.15, -0.1) is 0 Å². The number of methoxy groups -OCH3 is 1. The molecule has 2 rings (SSSR count). The van der Waals surface area contributed by atoms with Crippen molar-refractivity contribution in [1.29, 1.82) is 0 Å². The SMILES string of the molecule is COc1cc(C)c(S(=O)(=O)N(C)CC(=O)NCC(=O)N(C)C[C@H]2CC[C@H](N(C)CCN(C)C)CC2)c(C)c1. The van der Waals surface area contributed by atoms with Crippen molar-refractivity contribution in [3.63, 3.8) is 0 Å². The summed E-state index contributed by atoms with van der Waals surface area (Å²) in [6.45, 7) is 5.61. The summed E-state index contributed by atoms with van der Waals surface area (Å²) in [6, 6.07) is 3.89. The number of sulfonamides is 1. The van der Waals surface area contributed by atoms with Crippen LogP contribution < -0.4 is 10.1 Å². The van der Waals surface area contributed by atoms with Gasteiger partial charge in [0.05, 0.1) is 25.1 Å². The highest BCUT2D eigenvalue weighted by Crippen LogP contribution is 2.28. The van der Waals surface area contributed by atoms with Gasteiger partial charge in [-0.3, -0.25) is 9.59 Å². The van der Waals surface area contributed by atoms with Crippen molar-refractivity contribution in [2.45, 2.75) is 50.5 Å². The molecule has 216 valence electrons. The Morgan fingerprint density at radius 3 is 2.08 bits per heavy atom. The van der Waals surface area contributed by atoms with Crippen LogP contribution in [0.1, 0.15) is 36.8 Å². The third kappa shape index (κ3) is 8.93. The molecule has 0 bridgehead atoms. The predicted molar refractivity (Wildman–Crippen MR) is 150 cm³/mol. The minimum Gasteiger partial charge on any atom is -0.497 e. The summed E-state index contributed by atoms with van der Waals surface area (Å²) < 4.78 is 32.5. The Balaban J connectivity index is 1.80. The van der Waals surface area contributed by atoms with E-state index in [9.17, 15) is 18.0 Å². The summed E-state index contributed by atoms with van der Waals surface area (Å²) >= 11 is 0. The number of carbonyl (C=O) groups excluding carboxylic acids is 2. The van der Waals surface area contributed by atoms with Crippen molar-refractivity contribution in [1.82, 2.24) is 24.3 Å². The van der Waals surface area contributed by atoms with Gasteiger partial charge in [0.15, 0.2) is 0 Å². The largest absolute Gasteiger partial charge is 0.497 e. The third-order valence-corrected chi connectivity index (χ3v) is 9.55. The Morgan fingerprint density at radius 1 is 0.974 bits per heavy atom. The second kappa shape index (κ2) is 14.3. The number of carbonyl (C=O) groups is 2. The van der Waals surface area contributed by atoms with Crippen LogP contribution in [0.2, 0.25) is 0 Å². The van der Waals surface area contributed by atoms with Gasteiger partial charge < -0.3 is 24.8 Å². The molecule has 0 heterocycles. The summed E-state index contributed by atoms with van der Waals surface area (Å²) in [5, 5.41) is 2.58. The number of nitrogens with zero attached hydrogens (tertiary/aromatic N) is 4. The molecule has 38 heavy (non-hydrogen) atoms. The molecule has 0 radical (unpaired) electrons. The average Bonchev–Trinajstić information content (AvgIpc) is 2.85. The van der Waals surface area contributed by atoms with Gasteiger partial charge in [-0.2, -0.15) is 4.31 Å². The maximum absolute atomic E-state index is 13.1. The van der Waals surface area contributed by atoms with Gasteiger partial charge in [-0.1, -0.05) is 0 Å². The topological polar surface area (TPSA) is 102 Å². The van der Waals surface area contributed by atoms with Gasteiger partial charge in [0.2, 0.25) is 21.8 Å². The second-order valence-electron chi connectivity index (χ2n) is 10.9. The summed E-state index contributed by atoms with van der Waals surface area (Å²) in [4.78, 5) is 31.6. The Hall–Kier alpha value is -2.21. The lowest BCUT2D eigenvalue weighted by molar-refractivity contribution is -0.132. The van der Waals surface area contributed by atoms with Crippen LogP contribution in [0.5, 0.6) is 5.75 Å². The van der Waals surface area contributed by atoms with Crippen LogP contribution >= 0.6 is 0 Å². The lowest BCUT2D eigenvalue weighted by Gasteiger charge is -2.36. The van der Waals surface area contributed by atoms with E-state index >= 15 is 0 Å². The molecule has 0 spiro atoms. The van der Waals surface area contributed by atoms with E-state index in [0.29, 0.717) is 35.4 Å². The Bertz CT molecular complexity index is 1030. The number of hydrogen-bond acceptors (Lipinski definition) is 7. The zero-order chi connectivity index (χ0) is 28.6. The first-order chi connectivity index (χ1) is 17.8. The monoisotopic (exact) mass is 553 g/mol. The lowest BCUT2D eigenvalue weighted by atomic mass is 9.85. The standard InChI is InChI=1S/C27H47N5O5S/c1-20-15-24(37-8)16-21(2)27(20)38(35,36)32(7)19-25(33)28-17-26(34)31(6)18-22-9-11-23(12-10-22)30(5)14-13-29(3)4/h15-16,22-23H,9-14,17-19H2,1-8H3,(H,28,33)/t22-,23-. The molecule has 1 aliphatic rings. The summed E-state index contributed by atoms with van der Waals surface area (Å²) in [7, 11) is 7.11. The first kappa shape index (κ1) is 32.0. The van der Waals surface area contributed by atoms with E-state index in [0.717, 1.165) is 43.1 Å². The molecule has 10 nitrogen and oxygen atoms in total. The Labute approximate surface area is 229 Å². The van der Waals surface area contributed by atoms with Crippen LogP contribution in [0, 0.1) is 19.8 Å². The highest BCUT2D eigenvalue weighted by Gasteiger charge is 2.28. The minimum atomic E-state index is -3.90. The molecule has 1 saturated carbocycles. The van der Waals surface area contributed by atoms with Gasteiger partial charge in [0.1, 0.15) is 5.75 Å². The predicted octanol–water partition coefficient (Wildman–Crippen LogP) is 1.56. The molecule has 11 heteroatoms. The number of amides is 2. The molecule has 0 unspecified atom stereocenters. The van der Waals surface area contributed by atoms with Crippen LogP contribution in [0.15, 0.2) is 17.0 Å². The van der Waals surface area contributed by atoms with Crippen molar-refractivity contribution in [3.8, 4) is 5.75 Å². The van der Waals surface area contributed by atoms with E-state index in [4.69, 9.17) is 4.74 Å². The van der Waals surface area contributed by atoms with Crippen molar-refractivity contribution < 1.29 is 22.7 Å². The van der Waals surface area contributed by atoms with E-state index < -0.39 is 15.9 Å². The number of nitrogens with one attached hydrogen (secondary N) is 1. The number of rotatable bonds is 13. The molecular formula is C27H47N5O5S. The van der Waals surface area contributed by atoms with Crippen molar-refractivity contribution in [2.24, 2.45) is 5.92 Å². The van der Waals surface area contributed by atoms with E-state index in [2.05, 4.69) is 36.3 Å². The Morgan fingerprint density at radius 2 is 1.55 bits per heavy atom. The van der Waals surface area contributed by atoms with Gasteiger partial charge in [0, 0.05) is 39.8 Å². The number of ether oxygens (including phenoxy) is 1. The molecule has 1 aliphatic carbocycles. The van der Waals surface area contributed by atoms with Crippen LogP contribution in [-0.4, -0.2) is 120 Å². The van der Waals surface area contributed by atoms with Crippen LogP contribution in [0.25, 0.3) is 0 Å². The second-order valence-corrected chi connectivity index (χ2v) is 12.8. The number of benzene rings is 1. The zero-order valence-electron chi connectivity index (χ0n) is 24.4. The number of aryl methyl sites for hydroxylation is 2. The van der Waals surface area contributed by atoms with Crippen molar-refractivity contribution in [2.75, 3.05) is 75.1 Å². The van der Waals surface area contributed by atoms with Crippen molar-refractivity contribution >= 4 is 21.8 Å². The normalized spacial score (nSPS) is 18.2. The molecule has 0 aliphatic heterocycles. The first-order valence-corrected chi connectivity index (χ1v) is 14.7. The fraction of sp³-hybridized carbons (Fsp3) is 0.704. The van der Waals surface area contributed by atoms with Crippen molar-refractivity contribution in [3.05, 3.63) is 23.3 Å². The van der Waals surface area contributed by atoms with E-state index in [-0.39, 0.29) is 23.9 Å². The fourth-order valence-electron chi connectivity index (χ4n) is 5.04. The summed E-state index contributed by atoms with van der Waals surface area (Å²) in [6.07, 6.45) is 4.41. The van der Waals surface area contributed by atoms with Gasteiger partial charge in [-0.05, 0) is 89.9 Å². The maximum atomic E-state index is 13.1. The number of likely N-dealkylation sites (N-methyl/N-ethyl adjacent to an activating group) is 4. The van der Waals surface area contributed by atoms with Crippen LogP contribution in [0.3, 0.4) is 0 Å². The maximum Gasteiger partial charge on any atom is 0.243 e. The third-order valence-electron chi connectivity index (χ3n) is 7.44. The highest BCUT2D eigenvalue weighted by molar-refractivity contribution is 7.89. The molecule has 0 atom stereocenters. The van der Waals surface area contributed by atoms with E-state index in [1.54, 1.807) is 37.9 Å². The molecule has 1 fully saturated rings. The molecule has 0 saturated heterocycles. The first-order valence-electron chi connectivity index (χ1n) is 13.2. The summed E-state index contributed by atoms with van der Waals surface area (Å²) in [5.41, 5.74) is 1.08. The lowest BCUT2D eigenvalue weighted by Crippen LogP contribution is -2.45. The number of hydrogen-bond donors (Lipinski definition) is 1. The highest BCUT2D eigenvalue weighted by atomic mass is 32.2. The minimum absolute atomic E-state index is 0.156. The molecule has 1 N–H and O–H groups in total. The van der Waals surface area contributed by atoms with Gasteiger partial charge in [0.25, 0.3) is 0 Å². The van der Waals surface area contributed by atoms with E-state index in [1.807, 2.05) is 0 Å². The average molecular weight is 554 g/mol. The van der Waals surface area contributed by atoms with Crippen LogP contribution in [0.4, 0.5) is 0 Å². The quantitative estimate of drug-likeness (QED) is 0.396. The fourth-order valence-corrected chi connectivity index (χ4v) is 6.57. The van der Waals surface area contributed by atoms with Gasteiger partial charge >= 0.3 is 0 Å². The zero-order valence-corrected chi connectivity index (χ0v) is 25.2. The van der Waals surface area contributed by atoms with Gasteiger partial charge in [-0.25, -0.2) is 8.42 Å². The molecular weight excluding hydrogens is 506 g/mol. The molecule has 2 amide bonds. The summed E-state index contributed by atoms with van der Waals surface area (Å²) in [5.74, 6) is 0.312. The smallest absolute Gasteiger partial charge is 0.243 e. The molecule has 1 aromatic carbocycles.